The minimum absolute atomic E-state index is 0.259. The summed E-state index contributed by atoms with van der Waals surface area (Å²) >= 11 is 0. The number of fused-ring (bicyclic) bond motifs is 1. The number of carbonyl (C=O) groups excluding carboxylic acids is 1. The fraction of sp³-hybridized carbons (Fsp3) is 0.158. The Kier molecular flexibility index (Phi) is 3.61. The first-order chi connectivity index (χ1) is 11.7. The number of benzene rings is 2. The van der Waals surface area contributed by atoms with Gasteiger partial charge in [0.05, 0.1) is 11.9 Å². The molecule has 1 aromatic heterocycles. The lowest BCUT2D eigenvalue weighted by Crippen LogP contribution is -2.11. The first-order valence-electron chi connectivity index (χ1n) is 7.92. The Bertz CT molecular complexity index is 899. The van der Waals surface area contributed by atoms with Gasteiger partial charge in [0, 0.05) is 29.8 Å². The van der Waals surface area contributed by atoms with Gasteiger partial charge < -0.3 is 9.88 Å². The van der Waals surface area contributed by atoms with Crippen molar-refractivity contribution in [3.63, 3.8) is 0 Å². The highest BCUT2D eigenvalue weighted by Gasteiger charge is 2.16. The maximum Gasteiger partial charge on any atom is 0.255 e. The van der Waals surface area contributed by atoms with Gasteiger partial charge in [0.2, 0.25) is 0 Å². The van der Waals surface area contributed by atoms with E-state index in [1.165, 1.54) is 24.3 Å². The second-order valence-corrected chi connectivity index (χ2v) is 5.86. The molecule has 24 heavy (non-hydrogen) atoms. The monoisotopic (exact) mass is 321 g/mol. The first kappa shape index (κ1) is 14.6. The Balaban J connectivity index is 1.58. The van der Waals surface area contributed by atoms with Gasteiger partial charge in [0.25, 0.3) is 5.91 Å². The molecule has 0 spiro atoms. The molecular formula is C19H16FN3O. The van der Waals surface area contributed by atoms with Crippen LogP contribution in [0.25, 0.3) is 11.3 Å². The predicted molar refractivity (Wildman–Crippen MR) is 90.3 cm³/mol. The number of amides is 1. The number of halogens is 1. The molecule has 4 nitrogen and oxygen atoms in total. The van der Waals surface area contributed by atoms with Crippen LogP contribution in [0.2, 0.25) is 0 Å². The molecule has 0 fully saturated rings. The third-order valence-electron chi connectivity index (χ3n) is 4.24. The van der Waals surface area contributed by atoms with Crippen molar-refractivity contribution < 1.29 is 9.18 Å². The van der Waals surface area contributed by atoms with E-state index in [1.54, 1.807) is 0 Å². The molecule has 1 aliphatic rings. The van der Waals surface area contributed by atoms with Gasteiger partial charge >= 0.3 is 0 Å². The smallest absolute Gasteiger partial charge is 0.255 e. The molecule has 1 N–H and O–H groups in total. The lowest BCUT2D eigenvalue weighted by molar-refractivity contribution is 0.102. The van der Waals surface area contributed by atoms with E-state index in [2.05, 4.69) is 14.9 Å². The van der Waals surface area contributed by atoms with Gasteiger partial charge in [-0.3, -0.25) is 4.79 Å². The number of anilines is 1. The second kappa shape index (κ2) is 5.92. The Morgan fingerprint density at radius 2 is 2.00 bits per heavy atom. The van der Waals surface area contributed by atoms with Crippen molar-refractivity contribution >= 4 is 11.6 Å². The van der Waals surface area contributed by atoms with Gasteiger partial charge in [-0.05, 0) is 42.8 Å². The van der Waals surface area contributed by atoms with E-state index in [0.717, 1.165) is 36.5 Å². The number of hydrogen-bond acceptors (Lipinski definition) is 2. The van der Waals surface area contributed by atoms with E-state index in [-0.39, 0.29) is 11.7 Å². The number of nitrogens with zero attached hydrogens (tertiary/aromatic N) is 2. The Hall–Kier alpha value is -2.95. The largest absolute Gasteiger partial charge is 0.328 e. The van der Waals surface area contributed by atoms with Crippen LogP contribution >= 0.6 is 0 Å². The van der Waals surface area contributed by atoms with Crippen LogP contribution in [0, 0.1) is 5.82 Å². The standard InChI is InChI=1S/C19H16FN3O/c20-15-8-6-13(7-9-15)19(24)22-16-4-1-3-14(11-16)17-12-21-18-5-2-10-23(17)18/h1,3-4,6-9,11-12H,2,5,10H2,(H,22,24). The molecule has 0 unspecified atom stereocenters. The Morgan fingerprint density at radius 1 is 1.17 bits per heavy atom. The van der Waals surface area contributed by atoms with Gasteiger partial charge in [-0.15, -0.1) is 0 Å². The maximum atomic E-state index is 13.0. The zero-order chi connectivity index (χ0) is 16.5. The molecule has 0 saturated carbocycles. The molecule has 2 heterocycles. The average molecular weight is 321 g/mol. The van der Waals surface area contributed by atoms with Crippen molar-refractivity contribution in [1.29, 1.82) is 0 Å². The highest BCUT2D eigenvalue weighted by atomic mass is 19.1. The molecule has 0 saturated heterocycles. The van der Waals surface area contributed by atoms with Crippen LogP contribution in [0.3, 0.4) is 0 Å². The van der Waals surface area contributed by atoms with Crippen molar-refractivity contribution in [2.45, 2.75) is 19.4 Å². The van der Waals surface area contributed by atoms with E-state index in [9.17, 15) is 9.18 Å². The summed E-state index contributed by atoms with van der Waals surface area (Å²) in [6.45, 7) is 0.983. The SMILES string of the molecule is O=C(Nc1cccc(-c2cnc3n2CCC3)c1)c1ccc(F)cc1. The van der Waals surface area contributed by atoms with Crippen molar-refractivity contribution in [1.82, 2.24) is 9.55 Å². The highest BCUT2D eigenvalue weighted by Crippen LogP contribution is 2.27. The quantitative estimate of drug-likeness (QED) is 0.795. The van der Waals surface area contributed by atoms with Crippen molar-refractivity contribution in [2.24, 2.45) is 0 Å². The molecule has 0 radical (unpaired) electrons. The number of rotatable bonds is 3. The number of hydrogen-bond donors (Lipinski definition) is 1. The summed E-state index contributed by atoms with van der Waals surface area (Å²) in [5.74, 6) is 0.500. The zero-order valence-electron chi connectivity index (χ0n) is 13.0. The van der Waals surface area contributed by atoms with Crippen LogP contribution in [0.4, 0.5) is 10.1 Å². The fourth-order valence-corrected chi connectivity index (χ4v) is 3.05. The van der Waals surface area contributed by atoms with Crippen molar-refractivity contribution in [3.05, 3.63) is 71.9 Å². The number of aryl methyl sites for hydroxylation is 1. The van der Waals surface area contributed by atoms with Gasteiger partial charge in [-0.2, -0.15) is 0 Å². The van der Waals surface area contributed by atoms with Crippen LogP contribution in [0.1, 0.15) is 22.6 Å². The van der Waals surface area contributed by atoms with Crippen molar-refractivity contribution in [3.8, 4) is 11.3 Å². The minimum atomic E-state index is -0.358. The summed E-state index contributed by atoms with van der Waals surface area (Å²) in [5.41, 5.74) is 3.22. The van der Waals surface area contributed by atoms with Gasteiger partial charge in [-0.25, -0.2) is 9.37 Å². The zero-order valence-corrected chi connectivity index (χ0v) is 13.0. The molecule has 120 valence electrons. The second-order valence-electron chi connectivity index (χ2n) is 5.86. The van der Waals surface area contributed by atoms with Crippen LogP contribution in [-0.2, 0) is 13.0 Å². The molecular weight excluding hydrogens is 305 g/mol. The van der Waals surface area contributed by atoms with E-state index in [1.807, 2.05) is 30.5 Å². The molecule has 0 bridgehead atoms. The van der Waals surface area contributed by atoms with Crippen LogP contribution < -0.4 is 5.32 Å². The topological polar surface area (TPSA) is 46.9 Å². The Morgan fingerprint density at radius 3 is 2.83 bits per heavy atom. The molecule has 4 rings (SSSR count). The molecule has 1 aliphatic heterocycles. The predicted octanol–water partition coefficient (Wildman–Crippen LogP) is 3.89. The normalized spacial score (nSPS) is 12.9. The lowest BCUT2D eigenvalue weighted by Gasteiger charge is -2.09. The summed E-state index contributed by atoms with van der Waals surface area (Å²) in [6, 6.07) is 13.2. The average Bonchev–Trinajstić information content (AvgIpc) is 3.19. The summed E-state index contributed by atoms with van der Waals surface area (Å²) in [4.78, 5) is 16.7. The highest BCUT2D eigenvalue weighted by molar-refractivity contribution is 6.04. The van der Waals surface area contributed by atoms with Crippen LogP contribution in [0.15, 0.2) is 54.7 Å². The lowest BCUT2D eigenvalue weighted by atomic mass is 10.1. The number of carbonyl (C=O) groups is 1. The summed E-state index contributed by atoms with van der Waals surface area (Å²) < 4.78 is 15.2. The molecule has 3 aromatic rings. The molecule has 0 atom stereocenters. The van der Waals surface area contributed by atoms with E-state index >= 15 is 0 Å². The van der Waals surface area contributed by atoms with Crippen molar-refractivity contribution in [2.75, 3.05) is 5.32 Å². The summed E-state index contributed by atoms with van der Waals surface area (Å²) in [6.07, 6.45) is 4.02. The van der Waals surface area contributed by atoms with Gasteiger partial charge in [0.15, 0.2) is 0 Å². The first-order valence-corrected chi connectivity index (χ1v) is 7.92. The number of nitrogens with one attached hydrogen (secondary N) is 1. The third-order valence-corrected chi connectivity index (χ3v) is 4.24. The molecule has 0 aliphatic carbocycles. The van der Waals surface area contributed by atoms with E-state index in [0.29, 0.717) is 11.3 Å². The molecule has 1 amide bonds. The summed E-state index contributed by atoms with van der Waals surface area (Å²) in [5, 5.41) is 2.86. The molecule has 5 heteroatoms. The van der Waals surface area contributed by atoms with Crippen LogP contribution in [0.5, 0.6) is 0 Å². The number of aromatic nitrogens is 2. The number of imidazole rings is 1. The van der Waals surface area contributed by atoms with E-state index < -0.39 is 0 Å². The summed E-state index contributed by atoms with van der Waals surface area (Å²) in [7, 11) is 0. The van der Waals surface area contributed by atoms with Gasteiger partial charge in [-0.1, -0.05) is 12.1 Å². The third kappa shape index (κ3) is 2.69. The Labute approximate surface area is 139 Å². The van der Waals surface area contributed by atoms with E-state index in [4.69, 9.17) is 0 Å². The molecule has 2 aromatic carbocycles. The fourth-order valence-electron chi connectivity index (χ4n) is 3.05. The maximum absolute atomic E-state index is 13.0. The minimum Gasteiger partial charge on any atom is -0.328 e. The van der Waals surface area contributed by atoms with Crippen LogP contribution in [-0.4, -0.2) is 15.5 Å². The van der Waals surface area contributed by atoms with Gasteiger partial charge in [0.1, 0.15) is 11.6 Å².